The van der Waals surface area contributed by atoms with E-state index in [0.717, 1.165) is 25.0 Å². The van der Waals surface area contributed by atoms with Crippen LogP contribution in [0.25, 0.3) is 0 Å². The monoisotopic (exact) mass is 572 g/mol. The summed E-state index contributed by atoms with van der Waals surface area (Å²) in [6.45, 7) is 1.13. The maximum Gasteiger partial charge on any atom is 0.433 e. The smallest absolute Gasteiger partial charge is 0.371 e. The zero-order valence-corrected chi connectivity index (χ0v) is 21.5. The number of hydrogen-bond acceptors (Lipinski definition) is 5. The number of rotatable bonds is 9. The molecule has 0 radical (unpaired) electrons. The predicted octanol–water partition coefficient (Wildman–Crippen LogP) is 6.50. The van der Waals surface area contributed by atoms with Crippen molar-refractivity contribution in [2.45, 2.75) is 50.2 Å². The van der Waals surface area contributed by atoms with Gasteiger partial charge in [0, 0.05) is 48.4 Å². The molecule has 6 nitrogen and oxygen atoms in total. The molecule has 2 N–H and O–H groups in total. The van der Waals surface area contributed by atoms with Gasteiger partial charge in [0.1, 0.15) is 11.5 Å². The summed E-state index contributed by atoms with van der Waals surface area (Å²) in [5, 5.41) is 11.8. The highest BCUT2D eigenvalue weighted by Crippen LogP contribution is 2.41. The quantitative estimate of drug-likeness (QED) is 0.132. The third kappa shape index (κ3) is 5.80. The molecule has 13 heteroatoms. The van der Waals surface area contributed by atoms with Crippen molar-refractivity contribution in [2.24, 2.45) is 11.8 Å². The number of benzene rings is 1. The number of anilines is 2. The number of aromatic nitrogens is 4. The minimum absolute atomic E-state index is 0.0145. The average Bonchev–Trinajstić information content (AvgIpc) is 3.45. The Kier molecular flexibility index (Phi) is 7.93. The molecule has 2 fully saturated rings. The number of fused-ring (bicyclic) bond motifs is 2. The van der Waals surface area contributed by atoms with Crippen molar-refractivity contribution in [3.8, 4) is 0 Å². The molecule has 1 aromatic carbocycles. The second-order valence-corrected chi connectivity index (χ2v) is 10.5. The fraction of sp³-hybridized carbons (Fsp3) is 0.500. The van der Waals surface area contributed by atoms with Gasteiger partial charge in [0.15, 0.2) is 17.5 Å². The minimum Gasteiger partial charge on any atom is -0.371 e. The van der Waals surface area contributed by atoms with Crippen molar-refractivity contribution in [1.29, 1.82) is 0 Å². The SMILES string of the molecule is Fc1ccc(C(CCCCCl)c2nnc(N[C@@H]3[C@@H]4CC[C@H]3CN(c3ccnc(C(F)(F)F)c3)C4)[nH]2)c(F)c1F. The van der Waals surface area contributed by atoms with E-state index in [-0.39, 0.29) is 23.4 Å². The first-order chi connectivity index (χ1) is 18.7. The molecule has 1 aliphatic heterocycles. The first-order valence-corrected chi connectivity index (χ1v) is 13.4. The van der Waals surface area contributed by atoms with Crippen LogP contribution in [0.2, 0.25) is 0 Å². The van der Waals surface area contributed by atoms with E-state index in [1.54, 1.807) is 6.07 Å². The number of unbranched alkanes of at least 4 members (excludes halogenated alkanes) is 1. The van der Waals surface area contributed by atoms with E-state index in [0.29, 0.717) is 55.7 Å². The Morgan fingerprint density at radius 2 is 1.77 bits per heavy atom. The zero-order valence-electron chi connectivity index (χ0n) is 20.8. The molecule has 1 saturated carbocycles. The number of hydrogen-bond donors (Lipinski definition) is 2. The summed E-state index contributed by atoms with van der Waals surface area (Å²) in [4.78, 5) is 8.50. The summed E-state index contributed by atoms with van der Waals surface area (Å²) in [6.07, 6.45) is 0.147. The van der Waals surface area contributed by atoms with E-state index in [1.807, 2.05) is 4.90 Å². The summed E-state index contributed by atoms with van der Waals surface area (Å²) in [6, 6.07) is 4.79. The van der Waals surface area contributed by atoms with Gasteiger partial charge in [0.25, 0.3) is 0 Å². The van der Waals surface area contributed by atoms with Crippen molar-refractivity contribution >= 4 is 23.2 Å². The molecule has 3 aromatic rings. The van der Waals surface area contributed by atoms with Gasteiger partial charge in [-0.1, -0.05) is 12.5 Å². The summed E-state index contributed by atoms with van der Waals surface area (Å²) in [7, 11) is 0. The van der Waals surface area contributed by atoms with Crippen LogP contribution in [0.5, 0.6) is 0 Å². The molecule has 1 saturated heterocycles. The van der Waals surface area contributed by atoms with Crippen LogP contribution in [0, 0.1) is 29.3 Å². The van der Waals surface area contributed by atoms with Gasteiger partial charge in [-0.05, 0) is 55.7 Å². The number of alkyl halides is 4. The zero-order chi connectivity index (χ0) is 27.7. The summed E-state index contributed by atoms with van der Waals surface area (Å²) < 4.78 is 81.7. The molecule has 1 aliphatic carbocycles. The molecular formula is C26H27ClF6N6. The number of piperidine rings is 1. The van der Waals surface area contributed by atoms with Gasteiger partial charge in [0.2, 0.25) is 5.95 Å². The lowest BCUT2D eigenvalue weighted by molar-refractivity contribution is -0.141. The van der Waals surface area contributed by atoms with Crippen molar-refractivity contribution in [3.05, 3.63) is 65.0 Å². The molecule has 3 heterocycles. The molecule has 2 bridgehead atoms. The van der Waals surface area contributed by atoms with Crippen LogP contribution in [-0.4, -0.2) is 45.2 Å². The lowest BCUT2D eigenvalue weighted by Gasteiger charge is -2.39. The van der Waals surface area contributed by atoms with Gasteiger partial charge < -0.3 is 15.2 Å². The van der Waals surface area contributed by atoms with Crippen molar-refractivity contribution in [1.82, 2.24) is 20.2 Å². The van der Waals surface area contributed by atoms with Crippen molar-refractivity contribution < 1.29 is 26.3 Å². The van der Waals surface area contributed by atoms with E-state index in [1.165, 1.54) is 12.3 Å². The van der Waals surface area contributed by atoms with Crippen molar-refractivity contribution in [2.75, 3.05) is 29.2 Å². The van der Waals surface area contributed by atoms with Crippen LogP contribution in [0.3, 0.4) is 0 Å². The minimum atomic E-state index is -4.51. The van der Waals surface area contributed by atoms with Crippen LogP contribution in [0.1, 0.15) is 55.1 Å². The molecule has 1 unspecified atom stereocenters. The molecule has 0 amide bonds. The number of H-pyrrole nitrogens is 1. The van der Waals surface area contributed by atoms with Crippen LogP contribution in [0.4, 0.5) is 38.0 Å². The van der Waals surface area contributed by atoms with Crippen LogP contribution in [-0.2, 0) is 6.18 Å². The average molecular weight is 573 g/mol. The highest BCUT2D eigenvalue weighted by Gasteiger charge is 2.43. The maximum atomic E-state index is 14.7. The molecule has 2 aliphatic rings. The normalized spacial score (nSPS) is 21.8. The first-order valence-electron chi connectivity index (χ1n) is 12.8. The van der Waals surface area contributed by atoms with E-state index in [2.05, 4.69) is 25.5 Å². The molecule has 2 aromatic heterocycles. The van der Waals surface area contributed by atoms with Gasteiger partial charge in [0.05, 0.1) is 0 Å². The number of nitrogens with one attached hydrogen (secondary N) is 2. The number of halogens is 7. The first kappa shape index (κ1) is 27.5. The highest BCUT2D eigenvalue weighted by atomic mass is 35.5. The van der Waals surface area contributed by atoms with Crippen LogP contribution >= 0.6 is 11.6 Å². The number of pyridine rings is 1. The summed E-state index contributed by atoms with van der Waals surface area (Å²) in [5.41, 5.74) is -0.446. The fourth-order valence-corrected chi connectivity index (χ4v) is 5.98. The second-order valence-electron chi connectivity index (χ2n) is 10.1. The van der Waals surface area contributed by atoms with Crippen LogP contribution < -0.4 is 10.2 Å². The van der Waals surface area contributed by atoms with Crippen LogP contribution in [0.15, 0.2) is 30.5 Å². The lowest BCUT2D eigenvalue weighted by atomic mass is 9.91. The van der Waals surface area contributed by atoms with Gasteiger partial charge in [-0.3, -0.25) is 4.98 Å². The Labute approximate surface area is 226 Å². The number of nitrogens with zero attached hydrogens (tertiary/aromatic N) is 4. The van der Waals surface area contributed by atoms with E-state index >= 15 is 0 Å². The highest BCUT2D eigenvalue weighted by molar-refractivity contribution is 6.17. The second kappa shape index (κ2) is 11.2. The molecule has 39 heavy (non-hydrogen) atoms. The number of aromatic amines is 1. The fourth-order valence-electron chi connectivity index (χ4n) is 5.79. The topological polar surface area (TPSA) is 69.7 Å². The van der Waals surface area contributed by atoms with Gasteiger partial charge >= 0.3 is 6.18 Å². The molecule has 210 valence electrons. The molecular weight excluding hydrogens is 546 g/mol. The molecule has 4 atom stereocenters. The summed E-state index contributed by atoms with van der Waals surface area (Å²) in [5.74, 6) is -3.33. The lowest BCUT2D eigenvalue weighted by Crippen LogP contribution is -2.48. The Balaban J connectivity index is 1.31. The Morgan fingerprint density at radius 3 is 2.46 bits per heavy atom. The Hall–Kier alpha value is -3.02. The maximum absolute atomic E-state index is 14.7. The third-order valence-electron chi connectivity index (χ3n) is 7.69. The third-order valence-corrected chi connectivity index (χ3v) is 7.95. The van der Waals surface area contributed by atoms with Crippen molar-refractivity contribution in [3.63, 3.8) is 0 Å². The van der Waals surface area contributed by atoms with E-state index < -0.39 is 35.2 Å². The van der Waals surface area contributed by atoms with Gasteiger partial charge in [-0.25, -0.2) is 13.2 Å². The largest absolute Gasteiger partial charge is 0.433 e. The Morgan fingerprint density at radius 1 is 1.03 bits per heavy atom. The van der Waals surface area contributed by atoms with E-state index in [4.69, 9.17) is 11.6 Å². The standard InChI is InChI=1S/C26H27ClF6N6/c27-9-2-1-3-18(17-6-7-19(28)22(30)21(17)29)24-36-25(38-37-24)35-23-14-4-5-15(23)13-39(12-14)16-8-10-34-20(11-16)26(31,32)33/h6-8,10-11,14-15,18,23H,1-5,9,12-13H2,(H2,35,36,37,38)/t14-,15+,18?,23-. The summed E-state index contributed by atoms with van der Waals surface area (Å²) >= 11 is 5.79. The Bertz CT molecular complexity index is 1290. The molecule has 0 spiro atoms. The predicted molar refractivity (Wildman–Crippen MR) is 134 cm³/mol. The van der Waals surface area contributed by atoms with E-state index in [9.17, 15) is 26.3 Å². The van der Waals surface area contributed by atoms with Gasteiger partial charge in [-0.15, -0.1) is 21.8 Å². The van der Waals surface area contributed by atoms with Gasteiger partial charge in [-0.2, -0.15) is 13.2 Å². The molecule has 5 rings (SSSR count).